The van der Waals surface area contributed by atoms with Crippen LogP contribution in [0.4, 0.5) is 0 Å². The van der Waals surface area contributed by atoms with Crippen molar-refractivity contribution >= 4 is 29.9 Å². The normalized spacial score (nSPS) is 17.1. The molecule has 172 valence electrons. The van der Waals surface area contributed by atoms with Crippen molar-refractivity contribution in [1.82, 2.24) is 15.5 Å². The number of rotatable bonds is 10. The third-order valence-electron chi connectivity index (χ3n) is 5.55. The molecule has 0 aromatic heterocycles. The van der Waals surface area contributed by atoms with Crippen molar-refractivity contribution in [1.29, 1.82) is 0 Å². The van der Waals surface area contributed by atoms with Crippen molar-refractivity contribution in [3.05, 3.63) is 17.7 Å². The lowest BCUT2D eigenvalue weighted by molar-refractivity contribution is 0.159. The maximum absolute atomic E-state index is 5.56. The number of nitrogens with one attached hydrogen (secondary N) is 2. The van der Waals surface area contributed by atoms with Crippen molar-refractivity contribution in [2.45, 2.75) is 45.1 Å². The van der Waals surface area contributed by atoms with Gasteiger partial charge in [0.15, 0.2) is 17.5 Å². The molecule has 0 bridgehead atoms. The van der Waals surface area contributed by atoms with Gasteiger partial charge < -0.3 is 29.7 Å². The minimum absolute atomic E-state index is 0. The van der Waals surface area contributed by atoms with Crippen LogP contribution in [0.5, 0.6) is 17.2 Å². The number of likely N-dealkylation sites (tertiary alicyclic amines) is 1. The van der Waals surface area contributed by atoms with Gasteiger partial charge >= 0.3 is 0 Å². The number of hydrogen-bond donors (Lipinski definition) is 2. The number of guanidine groups is 1. The first-order chi connectivity index (χ1) is 14.1. The highest BCUT2D eigenvalue weighted by Gasteiger charge is 2.17. The van der Waals surface area contributed by atoms with Gasteiger partial charge in [-0.15, -0.1) is 24.0 Å². The van der Waals surface area contributed by atoms with Gasteiger partial charge in [0, 0.05) is 38.3 Å². The average Bonchev–Trinajstić information content (AvgIpc) is 2.75. The highest BCUT2D eigenvalue weighted by molar-refractivity contribution is 14.0. The first kappa shape index (κ1) is 26.6. The first-order valence-electron chi connectivity index (χ1n) is 10.6. The summed E-state index contributed by atoms with van der Waals surface area (Å²) in [6.45, 7) is 6.39. The van der Waals surface area contributed by atoms with Crippen LogP contribution < -0.4 is 24.8 Å². The lowest BCUT2D eigenvalue weighted by Crippen LogP contribution is -2.41. The lowest BCUT2D eigenvalue weighted by atomic mass is 10.0. The molecule has 1 aromatic carbocycles. The van der Waals surface area contributed by atoms with Crippen molar-refractivity contribution in [2.24, 2.45) is 4.99 Å². The summed E-state index contributed by atoms with van der Waals surface area (Å²) in [6.07, 6.45) is 5.94. The van der Waals surface area contributed by atoms with Crippen molar-refractivity contribution < 1.29 is 14.2 Å². The molecular weight excluding hydrogens is 495 g/mol. The summed E-state index contributed by atoms with van der Waals surface area (Å²) in [5, 5.41) is 6.80. The topological polar surface area (TPSA) is 67.4 Å². The molecule has 30 heavy (non-hydrogen) atoms. The minimum Gasteiger partial charge on any atom is -0.493 e. The maximum Gasteiger partial charge on any atom is 0.203 e. The van der Waals surface area contributed by atoms with E-state index in [4.69, 9.17) is 14.2 Å². The number of benzene rings is 1. The number of methoxy groups -OCH3 is 3. The minimum atomic E-state index is 0. The van der Waals surface area contributed by atoms with E-state index in [1.807, 2.05) is 12.1 Å². The van der Waals surface area contributed by atoms with Gasteiger partial charge in [-0.1, -0.05) is 12.5 Å². The van der Waals surface area contributed by atoms with Gasteiger partial charge in [-0.05, 0) is 45.2 Å². The molecule has 1 atom stereocenters. The van der Waals surface area contributed by atoms with Crippen LogP contribution in [0.1, 0.15) is 38.2 Å². The first-order valence-corrected chi connectivity index (χ1v) is 10.6. The lowest BCUT2D eigenvalue weighted by Gasteiger charge is -2.33. The van der Waals surface area contributed by atoms with Gasteiger partial charge in [0.25, 0.3) is 0 Å². The van der Waals surface area contributed by atoms with Gasteiger partial charge in [-0.25, -0.2) is 0 Å². The molecule has 1 aromatic rings. The Balaban J connectivity index is 0.00000450. The molecule has 1 unspecified atom stereocenters. The third kappa shape index (κ3) is 7.68. The highest BCUT2D eigenvalue weighted by atomic mass is 127. The number of halogens is 1. The zero-order valence-corrected chi connectivity index (χ0v) is 21.5. The summed E-state index contributed by atoms with van der Waals surface area (Å²) in [7, 11) is 6.70. The van der Waals surface area contributed by atoms with Crippen molar-refractivity contribution in [3.8, 4) is 17.2 Å². The summed E-state index contributed by atoms with van der Waals surface area (Å²) < 4.78 is 16.4. The predicted molar refractivity (Wildman–Crippen MR) is 134 cm³/mol. The molecule has 1 fully saturated rings. The second-order valence-corrected chi connectivity index (χ2v) is 7.40. The van der Waals surface area contributed by atoms with E-state index in [0.717, 1.165) is 50.0 Å². The van der Waals surface area contributed by atoms with E-state index in [2.05, 4.69) is 27.4 Å². The molecule has 0 radical (unpaired) electrons. The van der Waals surface area contributed by atoms with E-state index in [-0.39, 0.29) is 24.0 Å². The van der Waals surface area contributed by atoms with Crippen molar-refractivity contribution in [3.63, 3.8) is 0 Å². The van der Waals surface area contributed by atoms with Crippen LogP contribution in [-0.2, 0) is 6.42 Å². The van der Waals surface area contributed by atoms with E-state index in [0.29, 0.717) is 17.2 Å². The van der Waals surface area contributed by atoms with E-state index < -0.39 is 0 Å². The van der Waals surface area contributed by atoms with E-state index in [1.54, 1.807) is 28.4 Å². The van der Waals surface area contributed by atoms with Crippen LogP contribution in [0.3, 0.4) is 0 Å². The fourth-order valence-electron chi connectivity index (χ4n) is 3.87. The Morgan fingerprint density at radius 3 is 2.43 bits per heavy atom. The molecule has 0 amide bonds. The molecule has 1 aliphatic rings. The molecule has 1 saturated heterocycles. The fourth-order valence-corrected chi connectivity index (χ4v) is 3.87. The van der Waals surface area contributed by atoms with E-state index in [9.17, 15) is 0 Å². The maximum atomic E-state index is 5.56. The largest absolute Gasteiger partial charge is 0.493 e. The number of ether oxygens (including phenoxy) is 3. The summed E-state index contributed by atoms with van der Waals surface area (Å²) in [6, 6.07) is 4.64. The van der Waals surface area contributed by atoms with Crippen LogP contribution in [0.25, 0.3) is 0 Å². The standard InChI is InChI=1S/C22H38N4O3.HI/c1-17-9-6-7-15-26(17)16-8-13-24-22(23-2)25-14-12-18-10-11-19(27-3)21(29-5)20(18)28-4;/h10-11,17H,6-9,12-16H2,1-5H3,(H2,23,24,25);1H. The van der Waals surface area contributed by atoms with Gasteiger partial charge in [-0.2, -0.15) is 0 Å². The number of aliphatic imine (C=N–C) groups is 1. The smallest absolute Gasteiger partial charge is 0.203 e. The Morgan fingerprint density at radius 2 is 1.80 bits per heavy atom. The summed E-state index contributed by atoms with van der Waals surface area (Å²) >= 11 is 0. The van der Waals surface area contributed by atoms with Crippen LogP contribution in [0.15, 0.2) is 17.1 Å². The average molecular weight is 534 g/mol. The van der Waals surface area contributed by atoms with Gasteiger partial charge in [0.1, 0.15) is 0 Å². The zero-order chi connectivity index (χ0) is 21.1. The molecule has 0 spiro atoms. The van der Waals surface area contributed by atoms with Gasteiger partial charge in [0.2, 0.25) is 5.75 Å². The Kier molecular flexibility index (Phi) is 12.9. The molecule has 2 rings (SSSR count). The molecule has 0 saturated carbocycles. The van der Waals surface area contributed by atoms with E-state index >= 15 is 0 Å². The predicted octanol–water partition coefficient (Wildman–Crippen LogP) is 3.30. The SMILES string of the molecule is CN=C(NCCCN1CCCCC1C)NCCc1ccc(OC)c(OC)c1OC.I. The monoisotopic (exact) mass is 534 g/mol. The number of hydrogen-bond acceptors (Lipinski definition) is 5. The van der Waals surface area contributed by atoms with Crippen LogP contribution in [0, 0.1) is 0 Å². The van der Waals surface area contributed by atoms with Gasteiger partial charge in [-0.3, -0.25) is 4.99 Å². The van der Waals surface area contributed by atoms with Crippen LogP contribution in [0.2, 0.25) is 0 Å². The Bertz CT molecular complexity index is 658. The second-order valence-electron chi connectivity index (χ2n) is 7.40. The fraction of sp³-hybridized carbons (Fsp3) is 0.682. The number of nitrogens with zero attached hydrogens (tertiary/aromatic N) is 2. The molecule has 0 aliphatic carbocycles. The zero-order valence-electron chi connectivity index (χ0n) is 19.1. The summed E-state index contributed by atoms with van der Waals surface area (Å²) in [5.74, 6) is 2.84. The molecular formula is C22H39IN4O3. The van der Waals surface area contributed by atoms with Gasteiger partial charge in [0.05, 0.1) is 21.3 Å². The molecule has 7 nitrogen and oxygen atoms in total. The Labute approximate surface area is 199 Å². The highest BCUT2D eigenvalue weighted by Crippen LogP contribution is 2.39. The Morgan fingerprint density at radius 1 is 1.07 bits per heavy atom. The molecule has 2 N–H and O–H groups in total. The van der Waals surface area contributed by atoms with E-state index in [1.165, 1.54) is 25.8 Å². The molecule has 8 heteroatoms. The van der Waals surface area contributed by atoms with Crippen LogP contribution >= 0.6 is 24.0 Å². The molecule has 1 aliphatic heterocycles. The second kappa shape index (κ2) is 14.6. The quantitative estimate of drug-likeness (QED) is 0.208. The molecule has 1 heterocycles. The van der Waals surface area contributed by atoms with Crippen molar-refractivity contribution in [2.75, 3.05) is 54.6 Å². The summed E-state index contributed by atoms with van der Waals surface area (Å²) in [5.41, 5.74) is 1.06. The Hall–Kier alpha value is -1.42. The third-order valence-corrected chi connectivity index (χ3v) is 5.55. The number of piperidine rings is 1. The van der Waals surface area contributed by atoms with Crippen LogP contribution in [-0.4, -0.2) is 71.5 Å². The summed E-state index contributed by atoms with van der Waals surface area (Å²) in [4.78, 5) is 6.93.